The number of methoxy groups -OCH3 is 1. The zero-order chi connectivity index (χ0) is 21.1. The van der Waals surface area contributed by atoms with E-state index in [1.54, 1.807) is 12.1 Å². The van der Waals surface area contributed by atoms with E-state index < -0.39 is 5.97 Å². The number of carbonyl (C=O) groups excluding carboxylic acids is 2. The molecule has 2 heterocycles. The minimum Gasteiger partial charge on any atom is -0.468 e. The summed E-state index contributed by atoms with van der Waals surface area (Å²) in [7, 11) is 1.33. The third-order valence-corrected chi connectivity index (χ3v) is 6.49. The molecule has 0 unspecified atom stereocenters. The molecule has 2 aromatic carbocycles. The molecule has 4 rings (SSSR count). The van der Waals surface area contributed by atoms with Gasteiger partial charge in [0.25, 0.3) is 5.91 Å². The summed E-state index contributed by atoms with van der Waals surface area (Å²) < 4.78 is 11.2. The monoisotopic (exact) mass is 438 g/mol. The lowest BCUT2D eigenvalue weighted by Crippen LogP contribution is -2.12. The van der Waals surface area contributed by atoms with E-state index in [2.05, 4.69) is 10.3 Å². The molecule has 0 fully saturated rings. The Morgan fingerprint density at radius 1 is 1.13 bits per heavy atom. The molecule has 4 aromatic rings. The molecule has 0 atom stereocenters. The number of nitrogens with one attached hydrogen (secondary N) is 1. The molecule has 0 aliphatic rings. The van der Waals surface area contributed by atoms with E-state index in [-0.39, 0.29) is 5.91 Å². The highest BCUT2D eigenvalue weighted by molar-refractivity contribution is 7.98. The number of carbonyl (C=O) groups is 2. The number of amides is 1. The summed E-state index contributed by atoms with van der Waals surface area (Å²) in [4.78, 5) is 30.1. The molecule has 0 bridgehead atoms. The SMILES string of the molecule is COC(=O)c1ccoc1CSc1ccccc1C(=O)Nc1nc2c(C)cccc2s1. The number of rotatable bonds is 6. The molecule has 0 radical (unpaired) electrons. The standard InChI is InChI=1S/C22H18N2O4S2/c1-13-6-5-9-18-19(13)23-22(30-18)24-20(25)15-7-3-4-8-17(15)29-12-16-14(10-11-28-16)21(26)27-2/h3-11H,12H2,1-2H3,(H,23,24,25). The number of furan rings is 1. The van der Waals surface area contributed by atoms with Crippen LogP contribution in [0, 0.1) is 6.92 Å². The van der Waals surface area contributed by atoms with Gasteiger partial charge < -0.3 is 9.15 Å². The smallest absolute Gasteiger partial charge is 0.341 e. The predicted octanol–water partition coefficient (Wildman–Crippen LogP) is 5.53. The topological polar surface area (TPSA) is 81.4 Å². The van der Waals surface area contributed by atoms with Gasteiger partial charge in [-0.05, 0) is 36.8 Å². The number of fused-ring (bicyclic) bond motifs is 1. The molecule has 0 spiro atoms. The Morgan fingerprint density at radius 2 is 1.97 bits per heavy atom. The van der Waals surface area contributed by atoms with Crippen molar-refractivity contribution < 1.29 is 18.7 Å². The van der Waals surface area contributed by atoms with Crippen LogP contribution in [0.2, 0.25) is 0 Å². The molecule has 6 nitrogen and oxygen atoms in total. The molecule has 1 N–H and O–H groups in total. The first-order valence-corrected chi connectivity index (χ1v) is 10.9. The van der Waals surface area contributed by atoms with Gasteiger partial charge in [0.1, 0.15) is 11.3 Å². The third-order valence-electron chi connectivity index (χ3n) is 4.48. The lowest BCUT2D eigenvalue weighted by molar-refractivity contribution is 0.0598. The number of para-hydroxylation sites is 1. The van der Waals surface area contributed by atoms with Crippen molar-refractivity contribution in [2.24, 2.45) is 0 Å². The van der Waals surface area contributed by atoms with Crippen molar-refractivity contribution in [3.05, 3.63) is 77.2 Å². The van der Waals surface area contributed by atoms with Crippen molar-refractivity contribution in [3.63, 3.8) is 0 Å². The maximum absolute atomic E-state index is 12.9. The lowest BCUT2D eigenvalue weighted by atomic mass is 10.2. The summed E-state index contributed by atoms with van der Waals surface area (Å²) in [5.41, 5.74) is 2.88. The largest absolute Gasteiger partial charge is 0.468 e. The second-order valence-corrected chi connectivity index (χ2v) is 8.48. The minimum atomic E-state index is -0.448. The van der Waals surface area contributed by atoms with E-state index in [0.717, 1.165) is 20.7 Å². The number of aromatic nitrogens is 1. The van der Waals surface area contributed by atoms with E-state index >= 15 is 0 Å². The first kappa shape index (κ1) is 20.2. The quantitative estimate of drug-likeness (QED) is 0.315. The van der Waals surface area contributed by atoms with Crippen molar-refractivity contribution in [1.29, 1.82) is 0 Å². The van der Waals surface area contributed by atoms with Crippen molar-refractivity contribution in [3.8, 4) is 0 Å². The van der Waals surface area contributed by atoms with Gasteiger partial charge in [0.05, 0.1) is 34.9 Å². The number of thioether (sulfide) groups is 1. The van der Waals surface area contributed by atoms with Gasteiger partial charge in [0, 0.05) is 4.90 Å². The number of anilines is 1. The van der Waals surface area contributed by atoms with E-state index in [0.29, 0.717) is 27.8 Å². The Morgan fingerprint density at radius 3 is 2.77 bits per heavy atom. The highest BCUT2D eigenvalue weighted by atomic mass is 32.2. The van der Waals surface area contributed by atoms with Gasteiger partial charge in [0.15, 0.2) is 5.13 Å². The second-order valence-electron chi connectivity index (χ2n) is 6.43. The first-order valence-electron chi connectivity index (χ1n) is 9.11. The summed E-state index contributed by atoms with van der Waals surface area (Å²) in [5.74, 6) is 0.213. The molecule has 0 saturated carbocycles. The number of benzene rings is 2. The number of ether oxygens (including phenoxy) is 1. The molecule has 0 saturated heterocycles. The first-order chi connectivity index (χ1) is 14.6. The van der Waals surface area contributed by atoms with Crippen molar-refractivity contribution >= 4 is 50.3 Å². The molecule has 2 aromatic heterocycles. The normalized spacial score (nSPS) is 10.9. The Bertz CT molecular complexity index is 1230. The fourth-order valence-electron chi connectivity index (χ4n) is 2.97. The Labute approximate surface area is 181 Å². The van der Waals surface area contributed by atoms with Gasteiger partial charge in [-0.1, -0.05) is 35.6 Å². The number of hydrogen-bond donors (Lipinski definition) is 1. The van der Waals surface area contributed by atoms with E-state index in [1.165, 1.54) is 36.5 Å². The zero-order valence-corrected chi connectivity index (χ0v) is 17.9. The highest BCUT2D eigenvalue weighted by Gasteiger charge is 2.18. The molecule has 0 aliphatic carbocycles. The average molecular weight is 439 g/mol. The molecule has 8 heteroatoms. The maximum atomic E-state index is 12.9. The number of hydrogen-bond acceptors (Lipinski definition) is 7. The fraction of sp³-hybridized carbons (Fsp3) is 0.136. The molecule has 1 amide bonds. The van der Waals surface area contributed by atoms with Crippen molar-refractivity contribution in [2.75, 3.05) is 12.4 Å². The van der Waals surface area contributed by atoms with Crippen LogP contribution in [0.25, 0.3) is 10.2 Å². The summed E-state index contributed by atoms with van der Waals surface area (Å²) in [6.45, 7) is 2.00. The molecular weight excluding hydrogens is 420 g/mol. The Kier molecular flexibility index (Phi) is 5.87. The van der Waals surface area contributed by atoms with E-state index in [1.807, 2.05) is 43.3 Å². The van der Waals surface area contributed by atoms with Crippen LogP contribution < -0.4 is 5.32 Å². The van der Waals surface area contributed by atoms with Gasteiger partial charge in [0.2, 0.25) is 0 Å². The van der Waals surface area contributed by atoms with Gasteiger partial charge in [-0.25, -0.2) is 9.78 Å². The summed E-state index contributed by atoms with van der Waals surface area (Å²) >= 11 is 2.86. The van der Waals surface area contributed by atoms with Gasteiger partial charge >= 0.3 is 5.97 Å². The van der Waals surface area contributed by atoms with E-state index in [9.17, 15) is 9.59 Å². The van der Waals surface area contributed by atoms with Crippen LogP contribution in [-0.2, 0) is 10.5 Å². The summed E-state index contributed by atoms with van der Waals surface area (Å²) in [6, 6.07) is 14.8. The third kappa shape index (κ3) is 4.10. The fourth-order valence-corrected chi connectivity index (χ4v) is 4.91. The maximum Gasteiger partial charge on any atom is 0.341 e. The van der Waals surface area contributed by atoms with Gasteiger partial charge in [-0.3, -0.25) is 10.1 Å². The van der Waals surface area contributed by atoms with Gasteiger partial charge in [-0.2, -0.15) is 0 Å². The van der Waals surface area contributed by atoms with Crippen LogP contribution in [0.15, 0.2) is 64.1 Å². The lowest BCUT2D eigenvalue weighted by Gasteiger charge is -2.08. The summed E-state index contributed by atoms with van der Waals surface area (Å²) in [6.07, 6.45) is 1.45. The van der Waals surface area contributed by atoms with Crippen LogP contribution in [-0.4, -0.2) is 24.0 Å². The van der Waals surface area contributed by atoms with Crippen molar-refractivity contribution in [1.82, 2.24) is 4.98 Å². The zero-order valence-electron chi connectivity index (χ0n) is 16.3. The van der Waals surface area contributed by atoms with Gasteiger partial charge in [-0.15, -0.1) is 11.8 Å². The highest BCUT2D eigenvalue weighted by Crippen LogP contribution is 2.31. The second kappa shape index (κ2) is 8.73. The Hall–Kier alpha value is -3.10. The molecule has 30 heavy (non-hydrogen) atoms. The van der Waals surface area contributed by atoms with Crippen LogP contribution in [0.3, 0.4) is 0 Å². The van der Waals surface area contributed by atoms with E-state index in [4.69, 9.17) is 9.15 Å². The molecular formula is C22H18N2O4S2. The number of nitrogens with zero attached hydrogens (tertiary/aromatic N) is 1. The average Bonchev–Trinajstić information content (AvgIpc) is 3.39. The van der Waals surface area contributed by atoms with Crippen LogP contribution in [0.5, 0.6) is 0 Å². The number of esters is 1. The van der Waals surface area contributed by atoms with Crippen LogP contribution in [0.1, 0.15) is 32.0 Å². The summed E-state index contributed by atoms with van der Waals surface area (Å²) in [5, 5.41) is 3.46. The number of aryl methyl sites for hydroxylation is 1. The van der Waals surface area contributed by atoms with Crippen molar-refractivity contribution in [2.45, 2.75) is 17.6 Å². The van der Waals surface area contributed by atoms with Crippen LogP contribution in [0.4, 0.5) is 5.13 Å². The Balaban J connectivity index is 1.52. The predicted molar refractivity (Wildman–Crippen MR) is 118 cm³/mol. The molecule has 0 aliphatic heterocycles. The number of thiazole rings is 1. The molecule has 152 valence electrons. The van der Waals surface area contributed by atoms with Crippen LogP contribution >= 0.6 is 23.1 Å². The minimum absolute atomic E-state index is 0.234.